The van der Waals surface area contributed by atoms with Crippen LogP contribution in [0.25, 0.3) is 5.82 Å². The smallest absolute Gasteiger partial charge is 0.256 e. The molecular formula is C23H20BrN5O3. The number of aryl methyl sites for hydroxylation is 1. The Morgan fingerprint density at radius 2 is 1.75 bits per heavy atom. The molecule has 162 valence electrons. The molecule has 0 aliphatic rings. The maximum atomic E-state index is 12.6. The van der Waals surface area contributed by atoms with Crippen LogP contribution >= 0.6 is 15.9 Å². The van der Waals surface area contributed by atoms with Gasteiger partial charge in [0, 0.05) is 21.9 Å². The van der Waals surface area contributed by atoms with E-state index in [9.17, 15) is 4.79 Å². The fraction of sp³-hybridized carbons (Fsp3) is 0.130. The van der Waals surface area contributed by atoms with Crippen molar-refractivity contribution >= 4 is 27.5 Å². The molecule has 4 rings (SSSR count). The van der Waals surface area contributed by atoms with Crippen LogP contribution in [0.5, 0.6) is 17.4 Å². The Hall–Kier alpha value is -3.72. The number of nitrogens with one attached hydrogen (secondary N) is 1. The number of imidazole rings is 1. The molecule has 8 nitrogen and oxygen atoms in total. The maximum Gasteiger partial charge on any atom is 0.256 e. The second-order valence-corrected chi connectivity index (χ2v) is 7.78. The number of hydrogen-bond acceptors (Lipinski definition) is 6. The van der Waals surface area contributed by atoms with Crippen molar-refractivity contribution in [2.75, 3.05) is 12.4 Å². The predicted octanol–water partition coefficient (Wildman–Crippen LogP) is 5.09. The number of amides is 1. The summed E-state index contributed by atoms with van der Waals surface area (Å²) < 4.78 is 13.6. The Morgan fingerprint density at radius 3 is 2.44 bits per heavy atom. The van der Waals surface area contributed by atoms with Gasteiger partial charge in [-0.15, -0.1) is 0 Å². The van der Waals surface area contributed by atoms with E-state index in [0.717, 1.165) is 11.4 Å². The van der Waals surface area contributed by atoms with Gasteiger partial charge in [-0.3, -0.25) is 9.36 Å². The van der Waals surface area contributed by atoms with Gasteiger partial charge in [-0.1, -0.05) is 0 Å². The lowest BCUT2D eigenvalue weighted by Gasteiger charge is -2.10. The highest BCUT2D eigenvalue weighted by Gasteiger charge is 2.12. The quantitative estimate of drug-likeness (QED) is 0.401. The first-order chi connectivity index (χ1) is 15.4. The maximum absolute atomic E-state index is 12.6. The first-order valence-corrected chi connectivity index (χ1v) is 10.5. The summed E-state index contributed by atoms with van der Waals surface area (Å²) in [6, 6.07) is 14.0. The number of methoxy groups -OCH3 is 1. The number of rotatable bonds is 6. The molecule has 0 saturated carbocycles. The monoisotopic (exact) mass is 493 g/mol. The normalized spacial score (nSPS) is 10.6. The molecule has 0 bridgehead atoms. The van der Waals surface area contributed by atoms with E-state index in [1.54, 1.807) is 62.0 Å². The van der Waals surface area contributed by atoms with Crippen molar-refractivity contribution in [3.8, 4) is 23.2 Å². The number of benzene rings is 2. The molecule has 0 fully saturated rings. The van der Waals surface area contributed by atoms with Crippen LogP contribution in [0, 0.1) is 13.8 Å². The predicted molar refractivity (Wildman–Crippen MR) is 124 cm³/mol. The minimum atomic E-state index is -0.254. The first-order valence-electron chi connectivity index (χ1n) is 9.70. The Kier molecular flexibility index (Phi) is 6.18. The minimum Gasteiger partial charge on any atom is -0.497 e. The van der Waals surface area contributed by atoms with Crippen LogP contribution in [0.4, 0.5) is 5.69 Å². The van der Waals surface area contributed by atoms with Crippen LogP contribution in [-0.4, -0.2) is 32.5 Å². The fourth-order valence-corrected chi connectivity index (χ4v) is 3.40. The zero-order chi connectivity index (χ0) is 22.7. The van der Waals surface area contributed by atoms with E-state index in [1.807, 2.05) is 18.4 Å². The number of anilines is 1. The first kappa shape index (κ1) is 21.5. The molecule has 2 aromatic heterocycles. The Bertz CT molecular complexity index is 1270. The molecule has 0 saturated heterocycles. The van der Waals surface area contributed by atoms with Gasteiger partial charge >= 0.3 is 0 Å². The number of hydrogen-bond donors (Lipinski definition) is 1. The summed E-state index contributed by atoms with van der Waals surface area (Å²) in [5, 5.41) is 2.86. The summed E-state index contributed by atoms with van der Waals surface area (Å²) in [7, 11) is 1.56. The van der Waals surface area contributed by atoms with Crippen molar-refractivity contribution in [2.45, 2.75) is 13.8 Å². The summed E-state index contributed by atoms with van der Waals surface area (Å²) in [5.41, 5.74) is 3.04. The molecule has 9 heteroatoms. The molecule has 2 aromatic carbocycles. The van der Waals surface area contributed by atoms with Gasteiger partial charge in [-0.2, -0.15) is 0 Å². The third kappa shape index (κ3) is 4.62. The van der Waals surface area contributed by atoms with E-state index < -0.39 is 0 Å². The van der Waals surface area contributed by atoms with E-state index in [-0.39, 0.29) is 5.91 Å². The minimum absolute atomic E-state index is 0.254. The van der Waals surface area contributed by atoms with Crippen molar-refractivity contribution in [1.29, 1.82) is 0 Å². The van der Waals surface area contributed by atoms with Crippen LogP contribution in [0.2, 0.25) is 0 Å². The highest BCUT2D eigenvalue weighted by Crippen LogP contribution is 2.26. The Morgan fingerprint density at radius 1 is 1.00 bits per heavy atom. The average molecular weight is 494 g/mol. The van der Waals surface area contributed by atoms with Crippen molar-refractivity contribution in [1.82, 2.24) is 19.5 Å². The average Bonchev–Trinajstić information content (AvgIpc) is 3.14. The van der Waals surface area contributed by atoms with Gasteiger partial charge < -0.3 is 14.8 Å². The standard InChI is InChI=1S/C23H20BrN5O3/c1-14-15(2)29(13-27-14)21-11-22(26-12-25-21)32-17-6-4-16(5-7-17)28-23(30)19-10-18(31-3)8-9-20(19)24/h4-13H,1-3H3,(H,28,30). The number of nitrogens with zero attached hydrogens (tertiary/aromatic N) is 4. The molecule has 0 aliphatic heterocycles. The lowest BCUT2D eigenvalue weighted by molar-refractivity contribution is 0.102. The van der Waals surface area contributed by atoms with Crippen LogP contribution in [0.3, 0.4) is 0 Å². The number of carbonyl (C=O) groups is 1. The molecule has 0 radical (unpaired) electrons. The summed E-state index contributed by atoms with van der Waals surface area (Å²) in [6.45, 7) is 3.92. The van der Waals surface area contributed by atoms with Crippen molar-refractivity contribution in [2.24, 2.45) is 0 Å². The Balaban J connectivity index is 1.46. The molecule has 0 spiro atoms. The second-order valence-electron chi connectivity index (χ2n) is 6.93. The molecule has 2 heterocycles. The third-order valence-electron chi connectivity index (χ3n) is 4.88. The Labute approximate surface area is 193 Å². The van der Waals surface area contributed by atoms with Crippen LogP contribution in [-0.2, 0) is 0 Å². The lowest BCUT2D eigenvalue weighted by Crippen LogP contribution is -2.12. The molecule has 32 heavy (non-hydrogen) atoms. The van der Waals surface area contributed by atoms with Gasteiger partial charge in [0.1, 0.15) is 30.0 Å². The van der Waals surface area contributed by atoms with Crippen molar-refractivity contribution in [3.63, 3.8) is 0 Å². The highest BCUT2D eigenvalue weighted by atomic mass is 79.9. The van der Waals surface area contributed by atoms with E-state index >= 15 is 0 Å². The zero-order valence-electron chi connectivity index (χ0n) is 17.7. The number of aromatic nitrogens is 4. The largest absolute Gasteiger partial charge is 0.497 e. The van der Waals surface area contributed by atoms with E-state index in [4.69, 9.17) is 9.47 Å². The van der Waals surface area contributed by atoms with Gasteiger partial charge in [-0.05, 0) is 72.2 Å². The second kappa shape index (κ2) is 9.19. The lowest BCUT2D eigenvalue weighted by atomic mass is 10.2. The van der Waals surface area contributed by atoms with Gasteiger partial charge in [0.2, 0.25) is 5.88 Å². The molecule has 1 N–H and O–H groups in total. The van der Waals surface area contributed by atoms with E-state index in [1.165, 1.54) is 6.33 Å². The molecule has 0 aliphatic carbocycles. The van der Waals surface area contributed by atoms with Crippen LogP contribution < -0.4 is 14.8 Å². The van der Waals surface area contributed by atoms with Gasteiger partial charge in [0.15, 0.2) is 0 Å². The SMILES string of the molecule is COc1ccc(Br)c(C(=O)Nc2ccc(Oc3cc(-n4cnc(C)c4C)ncn3)cc2)c1. The van der Waals surface area contributed by atoms with Crippen molar-refractivity contribution < 1.29 is 14.3 Å². The van der Waals surface area contributed by atoms with E-state index in [0.29, 0.717) is 38.9 Å². The molecule has 4 aromatic rings. The van der Waals surface area contributed by atoms with Gasteiger partial charge in [0.05, 0.1) is 18.4 Å². The fourth-order valence-electron chi connectivity index (χ4n) is 2.98. The summed E-state index contributed by atoms with van der Waals surface area (Å²) >= 11 is 3.40. The van der Waals surface area contributed by atoms with E-state index in [2.05, 4.69) is 36.2 Å². The van der Waals surface area contributed by atoms with Gasteiger partial charge in [0.25, 0.3) is 5.91 Å². The summed E-state index contributed by atoms with van der Waals surface area (Å²) in [6.07, 6.45) is 3.16. The topological polar surface area (TPSA) is 91.2 Å². The van der Waals surface area contributed by atoms with Gasteiger partial charge in [-0.25, -0.2) is 15.0 Å². The van der Waals surface area contributed by atoms with Crippen LogP contribution in [0.15, 0.2) is 65.7 Å². The highest BCUT2D eigenvalue weighted by molar-refractivity contribution is 9.10. The number of ether oxygens (including phenoxy) is 2. The third-order valence-corrected chi connectivity index (χ3v) is 5.57. The number of carbonyl (C=O) groups excluding carboxylic acids is 1. The zero-order valence-corrected chi connectivity index (χ0v) is 19.3. The molecule has 0 atom stereocenters. The number of halogens is 1. The van der Waals surface area contributed by atoms with Crippen LogP contribution in [0.1, 0.15) is 21.7 Å². The molecule has 0 unspecified atom stereocenters. The van der Waals surface area contributed by atoms with Crippen molar-refractivity contribution in [3.05, 3.63) is 82.6 Å². The molecular weight excluding hydrogens is 474 g/mol. The summed E-state index contributed by atoms with van der Waals surface area (Å²) in [4.78, 5) is 25.4. The molecule has 1 amide bonds. The summed E-state index contributed by atoms with van der Waals surface area (Å²) in [5.74, 6) is 2.00.